The first-order chi connectivity index (χ1) is 14.2. The van der Waals surface area contributed by atoms with Gasteiger partial charge >= 0.3 is 6.03 Å². The van der Waals surface area contributed by atoms with Crippen molar-refractivity contribution in [1.82, 2.24) is 16.0 Å². The van der Waals surface area contributed by atoms with Crippen LogP contribution in [0.2, 0.25) is 0 Å². The molecule has 2 aromatic carbocycles. The van der Waals surface area contributed by atoms with E-state index in [0.29, 0.717) is 24.8 Å². The number of hydrogen-bond acceptors (Lipinski definition) is 4. The predicted octanol–water partition coefficient (Wildman–Crippen LogP) is 3.09. The van der Waals surface area contributed by atoms with Crippen molar-refractivity contribution >= 4 is 40.2 Å². The van der Waals surface area contributed by atoms with Gasteiger partial charge in [-0.05, 0) is 24.3 Å². The quantitative estimate of drug-likeness (QED) is 0.377. The van der Waals surface area contributed by atoms with Gasteiger partial charge in [-0.3, -0.25) is 4.79 Å². The molecular weight excluding hydrogens is 384 g/mol. The van der Waals surface area contributed by atoms with Crippen LogP contribution >= 0.6 is 11.8 Å². The van der Waals surface area contributed by atoms with Gasteiger partial charge in [0.25, 0.3) is 0 Å². The molecule has 2 aromatic rings. The number of carbonyl (C=O) groups is 2. The zero-order valence-corrected chi connectivity index (χ0v) is 17.3. The molecule has 0 bridgehead atoms. The first-order valence-corrected chi connectivity index (χ1v) is 11.4. The topological polar surface area (TPSA) is 82.3 Å². The summed E-state index contributed by atoms with van der Waals surface area (Å²) in [7, 11) is 0. The van der Waals surface area contributed by atoms with Crippen LogP contribution in [-0.4, -0.2) is 48.1 Å². The van der Waals surface area contributed by atoms with Crippen molar-refractivity contribution in [2.45, 2.75) is 43.0 Å². The molecule has 2 aliphatic heterocycles. The van der Waals surface area contributed by atoms with Crippen molar-refractivity contribution in [3.05, 3.63) is 42.5 Å². The van der Waals surface area contributed by atoms with Crippen molar-refractivity contribution in [2.75, 3.05) is 24.2 Å². The van der Waals surface area contributed by atoms with Gasteiger partial charge in [-0.2, -0.15) is 11.8 Å². The summed E-state index contributed by atoms with van der Waals surface area (Å²) in [6.07, 6.45) is 3.50. The van der Waals surface area contributed by atoms with E-state index in [9.17, 15) is 9.59 Å². The molecule has 2 saturated heterocycles. The molecule has 7 heteroatoms. The highest BCUT2D eigenvalue weighted by molar-refractivity contribution is 8.00. The summed E-state index contributed by atoms with van der Waals surface area (Å²) in [6, 6.07) is 15.0. The Morgan fingerprint density at radius 1 is 1.07 bits per heavy atom. The molecule has 3 unspecified atom stereocenters. The molecule has 0 aromatic heterocycles. The fourth-order valence-corrected chi connectivity index (χ4v) is 5.68. The number of thioether (sulfide) groups is 1. The Kier molecular flexibility index (Phi) is 6.44. The van der Waals surface area contributed by atoms with Crippen LogP contribution in [0, 0.1) is 0 Å². The molecule has 3 atom stereocenters. The number of benzene rings is 2. The Morgan fingerprint density at radius 3 is 2.86 bits per heavy atom. The van der Waals surface area contributed by atoms with E-state index in [2.05, 4.69) is 45.5 Å². The second kappa shape index (κ2) is 9.39. The molecular formula is C22H28N4O2S. The summed E-state index contributed by atoms with van der Waals surface area (Å²) in [6.45, 7) is 1.32. The van der Waals surface area contributed by atoms with Gasteiger partial charge in [0.05, 0.1) is 12.1 Å². The molecule has 29 heavy (non-hydrogen) atoms. The van der Waals surface area contributed by atoms with Gasteiger partial charge in [0.15, 0.2) is 0 Å². The molecule has 0 aliphatic carbocycles. The van der Waals surface area contributed by atoms with E-state index in [4.69, 9.17) is 0 Å². The standard InChI is InChI=1S/C22H28N4O2S/c27-20(11-4-3-10-19-21-18(14-29-19)25-22(28)26-21)24-13-12-23-17-9-5-7-15-6-1-2-8-16(15)17/h1-2,5-9,18-19,21,23H,3-4,10-14H2,(H,24,27)(H2,25,26,28). The van der Waals surface area contributed by atoms with Crippen LogP contribution in [0.5, 0.6) is 0 Å². The smallest absolute Gasteiger partial charge is 0.315 e. The van der Waals surface area contributed by atoms with Crippen LogP contribution in [0.15, 0.2) is 42.5 Å². The number of urea groups is 1. The van der Waals surface area contributed by atoms with Crippen LogP contribution in [0.4, 0.5) is 10.5 Å². The summed E-state index contributed by atoms with van der Waals surface area (Å²) < 4.78 is 0. The Bertz CT molecular complexity index is 870. The van der Waals surface area contributed by atoms with Gasteiger partial charge in [0.2, 0.25) is 5.91 Å². The lowest BCUT2D eigenvalue weighted by molar-refractivity contribution is -0.121. The van der Waals surface area contributed by atoms with Gasteiger partial charge in [-0.1, -0.05) is 42.8 Å². The molecule has 154 valence electrons. The molecule has 2 fully saturated rings. The van der Waals surface area contributed by atoms with E-state index in [1.165, 1.54) is 10.8 Å². The lowest BCUT2D eigenvalue weighted by atomic mass is 10.0. The lowest BCUT2D eigenvalue weighted by Gasteiger charge is -2.16. The predicted molar refractivity (Wildman–Crippen MR) is 119 cm³/mol. The third-order valence-corrected chi connectivity index (χ3v) is 7.14. The van der Waals surface area contributed by atoms with Crippen LogP contribution < -0.4 is 21.3 Å². The zero-order chi connectivity index (χ0) is 20.1. The van der Waals surface area contributed by atoms with Crippen LogP contribution in [0.3, 0.4) is 0 Å². The third-order valence-electron chi connectivity index (χ3n) is 5.63. The van der Waals surface area contributed by atoms with E-state index >= 15 is 0 Å². The Hall–Kier alpha value is -2.41. The number of nitrogens with one attached hydrogen (secondary N) is 4. The highest BCUT2D eigenvalue weighted by Gasteiger charge is 2.42. The number of hydrogen-bond donors (Lipinski definition) is 4. The summed E-state index contributed by atoms with van der Waals surface area (Å²) in [5, 5.41) is 15.3. The molecule has 6 nitrogen and oxygen atoms in total. The van der Waals surface area contributed by atoms with Gasteiger partial charge in [0, 0.05) is 41.6 Å². The number of amides is 3. The average molecular weight is 413 g/mol. The number of unbranched alkanes of at least 4 members (excludes halogenated alkanes) is 1. The zero-order valence-electron chi connectivity index (χ0n) is 16.4. The molecule has 2 heterocycles. The maximum Gasteiger partial charge on any atom is 0.315 e. The highest BCUT2D eigenvalue weighted by Crippen LogP contribution is 2.33. The van der Waals surface area contributed by atoms with E-state index in [-0.39, 0.29) is 24.0 Å². The maximum absolute atomic E-state index is 12.1. The van der Waals surface area contributed by atoms with Crippen LogP contribution in [0.1, 0.15) is 25.7 Å². The Labute approximate surface area is 175 Å². The number of rotatable bonds is 9. The molecule has 0 spiro atoms. The monoisotopic (exact) mass is 412 g/mol. The largest absolute Gasteiger partial charge is 0.383 e. The fraction of sp³-hybridized carbons (Fsp3) is 0.455. The van der Waals surface area contributed by atoms with E-state index in [1.54, 1.807) is 0 Å². The molecule has 4 rings (SSSR count). The fourth-order valence-electron chi connectivity index (χ4n) is 4.14. The Morgan fingerprint density at radius 2 is 1.93 bits per heavy atom. The van der Waals surface area contributed by atoms with Crippen molar-refractivity contribution < 1.29 is 9.59 Å². The second-order valence-electron chi connectivity index (χ2n) is 7.67. The summed E-state index contributed by atoms with van der Waals surface area (Å²) in [4.78, 5) is 23.5. The third kappa shape index (κ3) is 4.96. The first-order valence-electron chi connectivity index (χ1n) is 10.4. The number of fused-ring (bicyclic) bond motifs is 2. The van der Waals surface area contributed by atoms with Crippen molar-refractivity contribution in [2.24, 2.45) is 0 Å². The van der Waals surface area contributed by atoms with Crippen molar-refractivity contribution in [1.29, 1.82) is 0 Å². The van der Waals surface area contributed by atoms with Gasteiger partial charge < -0.3 is 21.3 Å². The lowest BCUT2D eigenvalue weighted by Crippen LogP contribution is -2.36. The van der Waals surface area contributed by atoms with Crippen LogP contribution in [0.25, 0.3) is 10.8 Å². The molecule has 2 aliphatic rings. The van der Waals surface area contributed by atoms with Gasteiger partial charge in [-0.25, -0.2) is 4.79 Å². The van der Waals surface area contributed by atoms with Crippen molar-refractivity contribution in [3.8, 4) is 0 Å². The molecule has 0 saturated carbocycles. The van der Waals surface area contributed by atoms with Crippen LogP contribution in [-0.2, 0) is 4.79 Å². The molecule has 0 radical (unpaired) electrons. The average Bonchev–Trinajstić information content (AvgIpc) is 3.28. The first kappa shape index (κ1) is 19.9. The number of anilines is 1. The van der Waals surface area contributed by atoms with E-state index < -0.39 is 0 Å². The van der Waals surface area contributed by atoms with E-state index in [0.717, 1.165) is 30.7 Å². The maximum atomic E-state index is 12.1. The highest BCUT2D eigenvalue weighted by atomic mass is 32.2. The normalized spacial score (nSPS) is 22.8. The SMILES string of the molecule is O=C(CCCCC1SCC2NC(=O)NC21)NCCNc1cccc2ccccc12. The van der Waals surface area contributed by atoms with Crippen molar-refractivity contribution in [3.63, 3.8) is 0 Å². The number of carbonyl (C=O) groups excluding carboxylic acids is 2. The van der Waals surface area contributed by atoms with Gasteiger partial charge in [0.1, 0.15) is 0 Å². The molecule has 3 amide bonds. The summed E-state index contributed by atoms with van der Waals surface area (Å²) in [5.74, 6) is 1.09. The summed E-state index contributed by atoms with van der Waals surface area (Å²) >= 11 is 1.92. The minimum atomic E-state index is -0.0400. The molecule has 4 N–H and O–H groups in total. The second-order valence-corrected chi connectivity index (χ2v) is 8.94. The minimum absolute atomic E-state index is 0.0400. The Balaban J connectivity index is 1.10. The summed E-state index contributed by atoms with van der Waals surface area (Å²) in [5.41, 5.74) is 1.10. The minimum Gasteiger partial charge on any atom is -0.383 e. The van der Waals surface area contributed by atoms with Gasteiger partial charge in [-0.15, -0.1) is 0 Å². The van der Waals surface area contributed by atoms with E-state index in [1.807, 2.05) is 30.0 Å².